The van der Waals surface area contributed by atoms with Crippen molar-refractivity contribution in [2.24, 2.45) is 0 Å². The van der Waals surface area contributed by atoms with Crippen molar-refractivity contribution in [1.29, 1.82) is 0 Å². The second kappa shape index (κ2) is 7.70. The zero-order chi connectivity index (χ0) is 14.7. The van der Waals surface area contributed by atoms with Gasteiger partial charge < -0.3 is 19.7 Å². The van der Waals surface area contributed by atoms with Crippen molar-refractivity contribution in [3.05, 3.63) is 24.3 Å². The number of hydrogen-bond acceptors (Lipinski definition) is 4. The van der Waals surface area contributed by atoms with Crippen LogP contribution in [0.15, 0.2) is 24.3 Å². The van der Waals surface area contributed by atoms with Crippen molar-refractivity contribution < 1.29 is 14.3 Å². The highest BCUT2D eigenvalue weighted by Crippen LogP contribution is 2.21. The van der Waals surface area contributed by atoms with Gasteiger partial charge in [-0.2, -0.15) is 0 Å². The van der Waals surface area contributed by atoms with Gasteiger partial charge in [-0.1, -0.05) is 6.07 Å². The van der Waals surface area contributed by atoms with E-state index in [0.29, 0.717) is 17.8 Å². The fraction of sp³-hybridized carbons (Fsp3) is 0.562. The van der Waals surface area contributed by atoms with E-state index >= 15 is 0 Å². The van der Waals surface area contributed by atoms with Crippen LogP contribution in [0.4, 0.5) is 0 Å². The highest BCUT2D eigenvalue weighted by Gasteiger charge is 2.31. The number of halogens is 1. The lowest BCUT2D eigenvalue weighted by molar-refractivity contribution is -0.133. The minimum absolute atomic E-state index is 0. The monoisotopic (exact) mass is 326 g/mol. The summed E-state index contributed by atoms with van der Waals surface area (Å²) in [5.41, 5.74) is 0. The second-order valence-electron chi connectivity index (χ2n) is 5.73. The van der Waals surface area contributed by atoms with Crippen LogP contribution < -0.4 is 14.8 Å². The van der Waals surface area contributed by atoms with Gasteiger partial charge in [-0.05, 0) is 31.4 Å². The summed E-state index contributed by atoms with van der Waals surface area (Å²) >= 11 is 0. The van der Waals surface area contributed by atoms with E-state index in [0.717, 1.165) is 25.3 Å². The molecule has 2 bridgehead atoms. The largest absolute Gasteiger partial charge is 0.497 e. The van der Waals surface area contributed by atoms with Gasteiger partial charge in [0.2, 0.25) is 0 Å². The number of amides is 1. The number of rotatable bonds is 4. The molecule has 0 aliphatic carbocycles. The molecular weight excluding hydrogens is 304 g/mol. The molecule has 1 aromatic rings. The Morgan fingerprint density at radius 1 is 1.27 bits per heavy atom. The van der Waals surface area contributed by atoms with Crippen LogP contribution >= 0.6 is 12.4 Å². The van der Waals surface area contributed by atoms with Crippen molar-refractivity contribution in [2.45, 2.75) is 31.3 Å². The number of fused-ring (bicyclic) bond motifs is 2. The number of likely N-dealkylation sites (tertiary alicyclic amines) is 1. The topological polar surface area (TPSA) is 50.8 Å². The first-order chi connectivity index (χ1) is 10.2. The average Bonchev–Trinajstić information content (AvgIpc) is 2.84. The molecule has 2 aliphatic heterocycles. The molecule has 2 fully saturated rings. The van der Waals surface area contributed by atoms with E-state index in [-0.39, 0.29) is 24.9 Å². The molecule has 1 aromatic carbocycles. The van der Waals surface area contributed by atoms with Crippen LogP contribution in [-0.2, 0) is 4.79 Å². The first-order valence-corrected chi connectivity index (χ1v) is 7.55. The normalized spacial score (nSPS) is 23.4. The standard InChI is InChI=1S/C16H22N2O3.ClH/c1-20-14-3-2-4-15(9-14)21-11-16(19)18-8-7-12-5-6-13(10-18)17-12;/h2-4,9,12-13,17H,5-8,10-11H2,1H3;1H. The summed E-state index contributed by atoms with van der Waals surface area (Å²) in [6, 6.07) is 8.38. The minimum atomic E-state index is 0. The number of ether oxygens (including phenoxy) is 2. The third-order valence-electron chi connectivity index (χ3n) is 4.28. The number of nitrogens with zero attached hydrogens (tertiary/aromatic N) is 1. The van der Waals surface area contributed by atoms with E-state index < -0.39 is 0 Å². The maximum absolute atomic E-state index is 12.3. The molecule has 0 aromatic heterocycles. The molecule has 122 valence electrons. The van der Waals surface area contributed by atoms with E-state index in [1.54, 1.807) is 13.2 Å². The number of carbonyl (C=O) groups is 1. The van der Waals surface area contributed by atoms with Crippen LogP contribution in [-0.4, -0.2) is 49.7 Å². The molecule has 2 saturated heterocycles. The summed E-state index contributed by atoms with van der Waals surface area (Å²) in [5, 5.41) is 3.58. The number of nitrogens with one attached hydrogen (secondary N) is 1. The SMILES string of the molecule is COc1cccc(OCC(=O)N2CCC3CCC(C2)N3)c1.Cl. The highest BCUT2D eigenvalue weighted by molar-refractivity contribution is 5.85. The molecule has 2 aliphatic rings. The lowest BCUT2D eigenvalue weighted by Crippen LogP contribution is -2.41. The van der Waals surface area contributed by atoms with Gasteiger partial charge in [0.15, 0.2) is 6.61 Å². The lowest BCUT2D eigenvalue weighted by atomic mass is 10.1. The Labute approximate surface area is 137 Å². The Morgan fingerprint density at radius 3 is 2.86 bits per heavy atom. The summed E-state index contributed by atoms with van der Waals surface area (Å²) in [6.45, 7) is 1.72. The van der Waals surface area contributed by atoms with E-state index in [2.05, 4.69) is 5.32 Å². The van der Waals surface area contributed by atoms with Crippen LogP contribution in [0.2, 0.25) is 0 Å². The zero-order valence-corrected chi connectivity index (χ0v) is 13.6. The molecule has 2 heterocycles. The summed E-state index contributed by atoms with van der Waals surface area (Å²) in [5.74, 6) is 1.46. The van der Waals surface area contributed by atoms with Crippen LogP contribution in [0.3, 0.4) is 0 Å². The molecular formula is C16H23ClN2O3. The Hall–Kier alpha value is -1.46. The van der Waals surface area contributed by atoms with Crippen LogP contribution in [0.1, 0.15) is 19.3 Å². The fourth-order valence-corrected chi connectivity index (χ4v) is 3.10. The Kier molecular flexibility index (Phi) is 5.91. The van der Waals surface area contributed by atoms with Gasteiger partial charge >= 0.3 is 0 Å². The van der Waals surface area contributed by atoms with E-state index in [9.17, 15) is 4.79 Å². The fourth-order valence-electron chi connectivity index (χ4n) is 3.10. The van der Waals surface area contributed by atoms with Crippen molar-refractivity contribution in [3.8, 4) is 11.5 Å². The summed E-state index contributed by atoms with van der Waals surface area (Å²) in [7, 11) is 1.61. The maximum atomic E-state index is 12.3. The van der Waals surface area contributed by atoms with Crippen molar-refractivity contribution in [2.75, 3.05) is 26.8 Å². The number of benzene rings is 1. The van der Waals surface area contributed by atoms with Crippen molar-refractivity contribution >= 4 is 18.3 Å². The number of methoxy groups -OCH3 is 1. The van der Waals surface area contributed by atoms with E-state index in [1.165, 1.54) is 12.8 Å². The van der Waals surface area contributed by atoms with Gasteiger partial charge in [0.25, 0.3) is 5.91 Å². The summed E-state index contributed by atoms with van der Waals surface area (Å²) < 4.78 is 10.7. The molecule has 1 N–H and O–H groups in total. The van der Waals surface area contributed by atoms with Gasteiger partial charge in [0.1, 0.15) is 11.5 Å². The number of hydrogen-bond donors (Lipinski definition) is 1. The Morgan fingerprint density at radius 2 is 2.05 bits per heavy atom. The summed E-state index contributed by atoms with van der Waals surface area (Å²) in [6.07, 6.45) is 3.46. The lowest BCUT2D eigenvalue weighted by Gasteiger charge is -2.24. The maximum Gasteiger partial charge on any atom is 0.260 e. The third kappa shape index (κ3) is 4.05. The van der Waals surface area contributed by atoms with Crippen molar-refractivity contribution in [1.82, 2.24) is 10.2 Å². The van der Waals surface area contributed by atoms with Crippen LogP contribution in [0.5, 0.6) is 11.5 Å². The molecule has 22 heavy (non-hydrogen) atoms. The minimum Gasteiger partial charge on any atom is -0.497 e. The molecule has 5 nitrogen and oxygen atoms in total. The predicted octanol–water partition coefficient (Wildman–Crippen LogP) is 1.85. The zero-order valence-electron chi connectivity index (χ0n) is 12.8. The molecule has 1 amide bonds. The number of carbonyl (C=O) groups excluding carboxylic acids is 1. The molecule has 0 spiro atoms. The van der Waals surface area contributed by atoms with Gasteiger partial charge in [0.05, 0.1) is 7.11 Å². The smallest absolute Gasteiger partial charge is 0.260 e. The molecule has 0 radical (unpaired) electrons. The molecule has 3 rings (SSSR count). The van der Waals surface area contributed by atoms with Gasteiger partial charge in [-0.25, -0.2) is 0 Å². The first kappa shape index (κ1) is 16.9. The molecule has 2 unspecified atom stereocenters. The average molecular weight is 327 g/mol. The van der Waals surface area contributed by atoms with Crippen molar-refractivity contribution in [3.63, 3.8) is 0 Å². The molecule has 2 atom stereocenters. The van der Waals surface area contributed by atoms with E-state index in [4.69, 9.17) is 9.47 Å². The molecule has 0 saturated carbocycles. The highest BCUT2D eigenvalue weighted by atomic mass is 35.5. The quantitative estimate of drug-likeness (QED) is 0.917. The third-order valence-corrected chi connectivity index (χ3v) is 4.28. The van der Waals surface area contributed by atoms with Gasteiger partial charge in [-0.3, -0.25) is 4.79 Å². The van der Waals surface area contributed by atoms with Crippen LogP contribution in [0.25, 0.3) is 0 Å². The first-order valence-electron chi connectivity index (χ1n) is 7.55. The van der Waals surface area contributed by atoms with E-state index in [1.807, 2.05) is 23.1 Å². The molecule has 6 heteroatoms. The Balaban J connectivity index is 0.00000176. The second-order valence-corrected chi connectivity index (χ2v) is 5.73. The van der Waals surface area contributed by atoms with Crippen LogP contribution in [0, 0.1) is 0 Å². The summed E-state index contributed by atoms with van der Waals surface area (Å²) in [4.78, 5) is 14.2. The predicted molar refractivity (Wildman–Crippen MR) is 86.9 cm³/mol. The van der Waals surface area contributed by atoms with Gasteiger partial charge in [0, 0.05) is 31.2 Å². The van der Waals surface area contributed by atoms with Gasteiger partial charge in [-0.15, -0.1) is 12.4 Å². The Bertz CT molecular complexity index is 512.